The van der Waals surface area contributed by atoms with E-state index in [-0.39, 0.29) is 24.7 Å². The van der Waals surface area contributed by atoms with Crippen LogP contribution in [0.4, 0.5) is 0 Å². The van der Waals surface area contributed by atoms with Gasteiger partial charge in [-0.15, -0.1) is 0 Å². The zero-order valence-corrected chi connectivity index (χ0v) is 18.8. The average Bonchev–Trinajstić information content (AvgIpc) is 3.23. The zero-order valence-electron chi connectivity index (χ0n) is 18.1. The number of hydrogen-bond acceptors (Lipinski definition) is 3. The summed E-state index contributed by atoms with van der Waals surface area (Å²) in [5.74, 6) is -0.670. The molecule has 1 aromatic heterocycles. The first-order chi connectivity index (χ1) is 15.5. The lowest BCUT2D eigenvalue weighted by Gasteiger charge is -2.16. The molecule has 0 spiro atoms. The van der Waals surface area contributed by atoms with Crippen LogP contribution in [0, 0.1) is 0 Å². The normalized spacial score (nSPS) is 12.8. The molecule has 1 unspecified atom stereocenters. The molecule has 0 fully saturated rings. The zero-order chi connectivity index (χ0) is 22.9. The number of aromatic nitrogens is 2. The van der Waals surface area contributed by atoms with E-state index in [1.54, 1.807) is 6.20 Å². The highest BCUT2D eigenvalue weighted by atomic mass is 35.5. The van der Waals surface area contributed by atoms with Gasteiger partial charge in [-0.05, 0) is 23.6 Å². The molecule has 0 aliphatic rings. The summed E-state index contributed by atoms with van der Waals surface area (Å²) in [6.45, 7) is 2.13. The van der Waals surface area contributed by atoms with E-state index < -0.39 is 12.0 Å². The summed E-state index contributed by atoms with van der Waals surface area (Å²) in [5, 5.41) is 12.8. The molecule has 0 bridgehead atoms. The highest BCUT2D eigenvalue weighted by molar-refractivity contribution is 6.31. The van der Waals surface area contributed by atoms with E-state index in [1.807, 2.05) is 54.6 Å². The number of nitrogens with one attached hydrogen (secondary N) is 2. The van der Waals surface area contributed by atoms with Crippen molar-refractivity contribution in [2.24, 2.45) is 0 Å². The minimum atomic E-state index is -1.06. The van der Waals surface area contributed by atoms with Gasteiger partial charge in [-0.3, -0.25) is 4.79 Å². The van der Waals surface area contributed by atoms with Crippen molar-refractivity contribution in [2.45, 2.75) is 51.0 Å². The molecule has 1 heterocycles. The van der Waals surface area contributed by atoms with Crippen LogP contribution in [0.2, 0.25) is 5.02 Å². The number of carbonyl (C=O) groups excluding carboxylic acids is 1. The third kappa shape index (κ3) is 6.44. The Morgan fingerprint density at radius 2 is 1.84 bits per heavy atom. The van der Waals surface area contributed by atoms with E-state index in [0.29, 0.717) is 10.7 Å². The third-order valence-corrected chi connectivity index (χ3v) is 5.72. The molecule has 1 amide bonds. The van der Waals surface area contributed by atoms with Crippen molar-refractivity contribution in [1.29, 1.82) is 0 Å². The van der Waals surface area contributed by atoms with Crippen molar-refractivity contribution in [2.75, 3.05) is 0 Å². The molecule has 7 heteroatoms. The van der Waals surface area contributed by atoms with Crippen molar-refractivity contribution in [3.05, 3.63) is 88.5 Å². The van der Waals surface area contributed by atoms with E-state index in [9.17, 15) is 14.7 Å². The molecule has 2 aromatic carbocycles. The maximum absolute atomic E-state index is 12.5. The lowest BCUT2D eigenvalue weighted by molar-refractivity contribution is -0.141. The number of unbranched alkanes of at least 4 members (excludes halogenated alkanes) is 1. The number of carbonyl (C=O) groups is 2. The van der Waals surface area contributed by atoms with Crippen LogP contribution in [0.25, 0.3) is 0 Å². The smallest absolute Gasteiger partial charge is 0.326 e. The molecule has 0 aliphatic heterocycles. The van der Waals surface area contributed by atoms with Crippen LogP contribution < -0.4 is 5.32 Å². The number of carboxylic acid groups (broad SMARTS) is 1. The SMILES string of the molecule is CCCCC(c1ncc(CC(=O)N[C@@H](Cc2ccccc2)C(=O)O)[nH]1)c1ccccc1Cl. The number of amides is 1. The minimum absolute atomic E-state index is 0.00492. The fourth-order valence-corrected chi connectivity index (χ4v) is 3.98. The fourth-order valence-electron chi connectivity index (χ4n) is 3.72. The Kier molecular flexibility index (Phi) is 8.45. The molecule has 3 rings (SSSR count). The molecule has 32 heavy (non-hydrogen) atoms. The summed E-state index contributed by atoms with van der Waals surface area (Å²) < 4.78 is 0. The van der Waals surface area contributed by atoms with Gasteiger partial charge in [0, 0.05) is 29.3 Å². The van der Waals surface area contributed by atoms with Gasteiger partial charge >= 0.3 is 5.97 Å². The van der Waals surface area contributed by atoms with E-state index in [4.69, 9.17) is 11.6 Å². The quantitative estimate of drug-likeness (QED) is 0.390. The molecule has 3 N–H and O–H groups in total. The molecule has 2 atom stereocenters. The highest BCUT2D eigenvalue weighted by Crippen LogP contribution is 2.32. The molecular weight excluding hydrogens is 426 g/mol. The van der Waals surface area contributed by atoms with Crippen LogP contribution >= 0.6 is 11.6 Å². The van der Waals surface area contributed by atoms with E-state index in [1.165, 1.54) is 0 Å². The number of imidazole rings is 1. The second-order valence-corrected chi connectivity index (χ2v) is 8.24. The van der Waals surface area contributed by atoms with Crippen LogP contribution in [-0.4, -0.2) is 33.0 Å². The first-order valence-corrected chi connectivity index (χ1v) is 11.2. The van der Waals surface area contributed by atoms with Gasteiger partial charge in [0.15, 0.2) is 0 Å². The van der Waals surface area contributed by atoms with Gasteiger partial charge in [0.1, 0.15) is 11.9 Å². The topological polar surface area (TPSA) is 95.1 Å². The van der Waals surface area contributed by atoms with Crippen LogP contribution in [0.15, 0.2) is 60.8 Å². The van der Waals surface area contributed by atoms with Gasteiger partial charge < -0.3 is 15.4 Å². The van der Waals surface area contributed by atoms with Crippen molar-refractivity contribution >= 4 is 23.5 Å². The maximum atomic E-state index is 12.5. The number of hydrogen-bond donors (Lipinski definition) is 3. The summed E-state index contributed by atoms with van der Waals surface area (Å²) in [6, 6.07) is 16.0. The van der Waals surface area contributed by atoms with Gasteiger partial charge in [-0.1, -0.05) is 79.9 Å². The Balaban J connectivity index is 1.69. The average molecular weight is 454 g/mol. The second kappa shape index (κ2) is 11.5. The Morgan fingerprint density at radius 3 is 2.53 bits per heavy atom. The number of nitrogens with zero attached hydrogens (tertiary/aromatic N) is 1. The summed E-state index contributed by atoms with van der Waals surface area (Å²) in [7, 11) is 0. The Morgan fingerprint density at radius 1 is 1.12 bits per heavy atom. The number of rotatable bonds is 11. The first-order valence-electron chi connectivity index (χ1n) is 10.8. The van der Waals surface area contributed by atoms with Crippen LogP contribution in [0.3, 0.4) is 0 Å². The minimum Gasteiger partial charge on any atom is -0.480 e. The van der Waals surface area contributed by atoms with Gasteiger partial charge in [0.2, 0.25) is 5.91 Å². The molecule has 6 nitrogen and oxygen atoms in total. The molecule has 0 saturated carbocycles. The van der Waals surface area contributed by atoms with Crippen molar-refractivity contribution in [3.63, 3.8) is 0 Å². The summed E-state index contributed by atoms with van der Waals surface area (Å²) >= 11 is 6.43. The number of carboxylic acids is 1. The monoisotopic (exact) mass is 453 g/mol. The molecular formula is C25H28ClN3O3. The first kappa shape index (κ1) is 23.5. The summed E-state index contributed by atoms with van der Waals surface area (Å²) in [4.78, 5) is 31.9. The lowest BCUT2D eigenvalue weighted by atomic mass is 9.93. The summed E-state index contributed by atoms with van der Waals surface area (Å²) in [5.41, 5.74) is 2.49. The third-order valence-electron chi connectivity index (χ3n) is 5.37. The predicted octanol–water partition coefficient (Wildman–Crippen LogP) is 4.74. The molecule has 0 saturated heterocycles. The largest absolute Gasteiger partial charge is 0.480 e. The Bertz CT molecular complexity index is 1040. The highest BCUT2D eigenvalue weighted by Gasteiger charge is 2.23. The lowest BCUT2D eigenvalue weighted by Crippen LogP contribution is -2.43. The standard InChI is InChI=1S/C25H28ClN3O3/c1-2-3-11-20(19-12-7-8-13-21(19)26)24-27-16-18(28-24)15-23(30)29-22(25(31)32)14-17-9-5-4-6-10-17/h4-10,12-13,16,20,22H,2-3,11,14-15H2,1H3,(H,27,28)(H,29,30)(H,31,32)/t20?,22-/m0/s1. The van der Waals surface area contributed by atoms with Crippen molar-refractivity contribution < 1.29 is 14.7 Å². The van der Waals surface area contributed by atoms with Crippen LogP contribution in [-0.2, 0) is 22.4 Å². The van der Waals surface area contributed by atoms with Crippen molar-refractivity contribution in [3.8, 4) is 0 Å². The van der Waals surface area contributed by atoms with Gasteiger partial charge in [0.25, 0.3) is 0 Å². The molecule has 0 radical (unpaired) electrons. The number of aromatic amines is 1. The second-order valence-electron chi connectivity index (χ2n) is 7.83. The van der Waals surface area contributed by atoms with E-state index in [2.05, 4.69) is 22.2 Å². The predicted molar refractivity (Wildman–Crippen MR) is 125 cm³/mol. The number of halogens is 1. The molecule has 168 valence electrons. The fraction of sp³-hybridized carbons (Fsp3) is 0.320. The van der Waals surface area contributed by atoms with E-state index >= 15 is 0 Å². The number of benzene rings is 2. The van der Waals surface area contributed by atoms with Crippen LogP contribution in [0.1, 0.15) is 54.7 Å². The van der Waals surface area contributed by atoms with E-state index in [0.717, 1.165) is 36.2 Å². The molecule has 3 aromatic rings. The number of H-pyrrole nitrogens is 1. The van der Waals surface area contributed by atoms with Crippen molar-refractivity contribution in [1.82, 2.24) is 15.3 Å². The summed E-state index contributed by atoms with van der Waals surface area (Å²) in [6.07, 6.45) is 4.84. The van der Waals surface area contributed by atoms with Gasteiger partial charge in [-0.25, -0.2) is 9.78 Å². The van der Waals surface area contributed by atoms with Crippen LogP contribution in [0.5, 0.6) is 0 Å². The number of aliphatic carboxylic acids is 1. The van der Waals surface area contributed by atoms with Gasteiger partial charge in [0.05, 0.1) is 6.42 Å². The maximum Gasteiger partial charge on any atom is 0.326 e. The van der Waals surface area contributed by atoms with Gasteiger partial charge in [-0.2, -0.15) is 0 Å². The Labute approximate surface area is 193 Å². The Hall–Kier alpha value is -3.12. The molecule has 0 aliphatic carbocycles.